The van der Waals surface area contributed by atoms with E-state index in [4.69, 9.17) is 10.5 Å². The first kappa shape index (κ1) is 11.4. The summed E-state index contributed by atoms with van der Waals surface area (Å²) < 4.78 is 5.91. The molecule has 2 aliphatic rings. The van der Waals surface area contributed by atoms with Gasteiger partial charge in [-0.05, 0) is 49.9 Å². The predicted octanol–water partition coefficient (Wildman–Crippen LogP) is 2.71. The summed E-state index contributed by atoms with van der Waals surface area (Å²) in [6, 6.07) is 0.305. The molecule has 2 heteroatoms. The minimum atomic E-state index is 0.305. The van der Waals surface area contributed by atoms with Crippen molar-refractivity contribution in [2.24, 2.45) is 17.1 Å². The standard InChI is InChI=1S/C13H25NO/c1-13(2)7-5-11(6-8-13)15-9-12(14)10-3-4-10/h10-12H,3-9,14H2,1-2H3. The van der Waals surface area contributed by atoms with Crippen molar-refractivity contribution in [3.63, 3.8) is 0 Å². The van der Waals surface area contributed by atoms with Crippen molar-refractivity contribution in [2.75, 3.05) is 6.61 Å². The molecule has 2 N–H and O–H groups in total. The van der Waals surface area contributed by atoms with Crippen LogP contribution in [0.25, 0.3) is 0 Å². The molecule has 2 aliphatic carbocycles. The molecule has 0 spiro atoms. The zero-order valence-electron chi connectivity index (χ0n) is 10.2. The number of nitrogens with two attached hydrogens (primary N) is 1. The lowest BCUT2D eigenvalue weighted by atomic mass is 9.76. The third-order valence-electron chi connectivity index (χ3n) is 4.04. The van der Waals surface area contributed by atoms with Gasteiger partial charge in [0, 0.05) is 6.04 Å². The molecule has 0 saturated heterocycles. The van der Waals surface area contributed by atoms with Gasteiger partial charge < -0.3 is 10.5 Å². The fraction of sp³-hybridized carbons (Fsp3) is 1.00. The van der Waals surface area contributed by atoms with Crippen molar-refractivity contribution in [3.8, 4) is 0 Å². The second-order valence-electron chi connectivity index (χ2n) is 6.20. The highest BCUT2D eigenvalue weighted by molar-refractivity contribution is 4.85. The zero-order valence-corrected chi connectivity index (χ0v) is 10.2. The summed E-state index contributed by atoms with van der Waals surface area (Å²) in [5.41, 5.74) is 6.56. The van der Waals surface area contributed by atoms with E-state index < -0.39 is 0 Å². The van der Waals surface area contributed by atoms with E-state index in [1.807, 2.05) is 0 Å². The maximum absolute atomic E-state index is 6.02. The molecule has 0 heterocycles. The lowest BCUT2D eigenvalue weighted by Gasteiger charge is -2.34. The molecule has 1 unspecified atom stereocenters. The van der Waals surface area contributed by atoms with Crippen molar-refractivity contribution in [2.45, 2.75) is 64.5 Å². The van der Waals surface area contributed by atoms with E-state index in [1.54, 1.807) is 0 Å². The SMILES string of the molecule is CC1(C)CCC(OCC(N)C2CC2)CC1. The van der Waals surface area contributed by atoms with E-state index in [0.717, 1.165) is 12.5 Å². The highest BCUT2D eigenvalue weighted by Gasteiger charge is 2.31. The second-order valence-corrected chi connectivity index (χ2v) is 6.20. The van der Waals surface area contributed by atoms with E-state index in [2.05, 4.69) is 13.8 Å². The zero-order chi connectivity index (χ0) is 10.9. The van der Waals surface area contributed by atoms with Crippen LogP contribution in [0.2, 0.25) is 0 Å². The smallest absolute Gasteiger partial charge is 0.0623 e. The van der Waals surface area contributed by atoms with E-state index in [0.29, 0.717) is 17.6 Å². The molecular formula is C13H25NO. The van der Waals surface area contributed by atoms with Crippen LogP contribution in [0.1, 0.15) is 52.4 Å². The molecule has 0 amide bonds. The van der Waals surface area contributed by atoms with Crippen LogP contribution in [0, 0.1) is 11.3 Å². The molecule has 2 nitrogen and oxygen atoms in total. The van der Waals surface area contributed by atoms with Crippen LogP contribution >= 0.6 is 0 Å². The van der Waals surface area contributed by atoms with Gasteiger partial charge in [-0.25, -0.2) is 0 Å². The van der Waals surface area contributed by atoms with Gasteiger partial charge in [-0.1, -0.05) is 13.8 Å². The topological polar surface area (TPSA) is 35.2 Å². The molecule has 2 saturated carbocycles. The average molecular weight is 211 g/mol. The lowest BCUT2D eigenvalue weighted by Crippen LogP contribution is -2.33. The first-order valence-corrected chi connectivity index (χ1v) is 6.44. The monoisotopic (exact) mass is 211 g/mol. The van der Waals surface area contributed by atoms with E-state index in [1.165, 1.54) is 38.5 Å². The maximum Gasteiger partial charge on any atom is 0.0623 e. The minimum Gasteiger partial charge on any atom is -0.377 e. The Morgan fingerprint density at radius 3 is 2.33 bits per heavy atom. The number of ether oxygens (including phenoxy) is 1. The van der Waals surface area contributed by atoms with Gasteiger partial charge >= 0.3 is 0 Å². The quantitative estimate of drug-likeness (QED) is 0.776. The van der Waals surface area contributed by atoms with Crippen molar-refractivity contribution >= 4 is 0 Å². The van der Waals surface area contributed by atoms with E-state index in [9.17, 15) is 0 Å². The molecule has 0 aromatic rings. The molecule has 0 aromatic heterocycles. The maximum atomic E-state index is 6.02. The minimum absolute atomic E-state index is 0.305. The molecule has 1 atom stereocenters. The number of hydrogen-bond donors (Lipinski definition) is 1. The van der Waals surface area contributed by atoms with Gasteiger partial charge in [-0.3, -0.25) is 0 Å². The van der Waals surface area contributed by atoms with Gasteiger partial charge in [0.2, 0.25) is 0 Å². The molecule has 0 aliphatic heterocycles. The second kappa shape index (κ2) is 4.42. The Bertz CT molecular complexity index is 201. The first-order chi connectivity index (χ1) is 7.07. The Morgan fingerprint density at radius 1 is 1.20 bits per heavy atom. The molecule has 88 valence electrons. The normalized spacial score (nSPS) is 29.0. The van der Waals surface area contributed by atoms with Crippen LogP contribution in [-0.2, 0) is 4.74 Å². The predicted molar refractivity (Wildman–Crippen MR) is 62.7 cm³/mol. The summed E-state index contributed by atoms with van der Waals surface area (Å²) in [6.07, 6.45) is 8.19. The average Bonchev–Trinajstić information content (AvgIpc) is 2.99. The van der Waals surface area contributed by atoms with Crippen LogP contribution in [0.4, 0.5) is 0 Å². The van der Waals surface area contributed by atoms with Crippen molar-refractivity contribution in [1.29, 1.82) is 0 Å². The molecule has 0 aromatic carbocycles. The highest BCUT2D eigenvalue weighted by Crippen LogP contribution is 2.37. The summed E-state index contributed by atoms with van der Waals surface area (Å²) in [5.74, 6) is 0.769. The highest BCUT2D eigenvalue weighted by atomic mass is 16.5. The molecule has 0 radical (unpaired) electrons. The Hall–Kier alpha value is -0.0800. The molecule has 15 heavy (non-hydrogen) atoms. The third-order valence-corrected chi connectivity index (χ3v) is 4.04. The number of hydrogen-bond acceptors (Lipinski definition) is 2. The third kappa shape index (κ3) is 3.46. The molecule has 2 fully saturated rings. The fourth-order valence-electron chi connectivity index (χ4n) is 2.45. The van der Waals surface area contributed by atoms with Crippen LogP contribution in [0.3, 0.4) is 0 Å². The summed E-state index contributed by atoms with van der Waals surface area (Å²) in [5, 5.41) is 0. The summed E-state index contributed by atoms with van der Waals surface area (Å²) in [4.78, 5) is 0. The van der Waals surface area contributed by atoms with Gasteiger partial charge in [0.05, 0.1) is 12.7 Å². The summed E-state index contributed by atoms with van der Waals surface area (Å²) >= 11 is 0. The van der Waals surface area contributed by atoms with E-state index >= 15 is 0 Å². The van der Waals surface area contributed by atoms with Gasteiger partial charge in [-0.15, -0.1) is 0 Å². The molecule has 2 rings (SSSR count). The van der Waals surface area contributed by atoms with Crippen LogP contribution in [0.15, 0.2) is 0 Å². The van der Waals surface area contributed by atoms with Crippen LogP contribution in [-0.4, -0.2) is 18.8 Å². The number of rotatable bonds is 4. The summed E-state index contributed by atoms with van der Waals surface area (Å²) in [6.45, 7) is 5.51. The van der Waals surface area contributed by atoms with Crippen molar-refractivity contribution in [3.05, 3.63) is 0 Å². The summed E-state index contributed by atoms with van der Waals surface area (Å²) in [7, 11) is 0. The lowest BCUT2D eigenvalue weighted by molar-refractivity contribution is -0.00361. The van der Waals surface area contributed by atoms with Crippen LogP contribution in [0.5, 0.6) is 0 Å². The van der Waals surface area contributed by atoms with Crippen molar-refractivity contribution in [1.82, 2.24) is 0 Å². The Morgan fingerprint density at radius 2 is 1.80 bits per heavy atom. The van der Waals surface area contributed by atoms with Crippen LogP contribution < -0.4 is 5.73 Å². The first-order valence-electron chi connectivity index (χ1n) is 6.44. The van der Waals surface area contributed by atoms with Gasteiger partial charge in [-0.2, -0.15) is 0 Å². The Balaban J connectivity index is 1.63. The van der Waals surface area contributed by atoms with Gasteiger partial charge in [0.25, 0.3) is 0 Å². The van der Waals surface area contributed by atoms with E-state index in [-0.39, 0.29) is 0 Å². The van der Waals surface area contributed by atoms with Gasteiger partial charge in [0.15, 0.2) is 0 Å². The van der Waals surface area contributed by atoms with Crippen molar-refractivity contribution < 1.29 is 4.74 Å². The molecular weight excluding hydrogens is 186 g/mol. The molecule has 0 bridgehead atoms. The Labute approximate surface area is 93.6 Å². The van der Waals surface area contributed by atoms with Gasteiger partial charge in [0.1, 0.15) is 0 Å². The Kier molecular flexibility index (Phi) is 3.36. The fourth-order valence-corrected chi connectivity index (χ4v) is 2.45. The largest absolute Gasteiger partial charge is 0.377 e.